The van der Waals surface area contributed by atoms with E-state index in [2.05, 4.69) is 0 Å². The molecule has 0 fully saturated rings. The number of allylic oxidation sites excluding steroid dienone is 3. The molecule has 1 aromatic rings. The number of carbonyl (C=O) groups excluding carboxylic acids is 2. The van der Waals surface area contributed by atoms with Gasteiger partial charge in [-0.05, 0) is 19.3 Å². The largest absolute Gasteiger partial charge is 0.426 e. The summed E-state index contributed by atoms with van der Waals surface area (Å²) in [6, 6.07) is 7.31. The van der Waals surface area contributed by atoms with Crippen molar-refractivity contribution in [3.05, 3.63) is 52.6 Å². The lowest BCUT2D eigenvalue weighted by molar-refractivity contribution is -0.134. The van der Waals surface area contributed by atoms with Crippen molar-refractivity contribution in [2.24, 2.45) is 0 Å². The number of esters is 1. The van der Waals surface area contributed by atoms with Gasteiger partial charge in [-0.25, -0.2) is 0 Å². The molecular formula is C16H14O3. The van der Waals surface area contributed by atoms with Crippen LogP contribution in [0.2, 0.25) is 0 Å². The average molecular weight is 254 g/mol. The summed E-state index contributed by atoms with van der Waals surface area (Å²) in [5.74, 6) is 0.256. The molecule has 0 radical (unpaired) electrons. The van der Waals surface area contributed by atoms with Gasteiger partial charge in [-0.1, -0.05) is 30.3 Å². The summed E-state index contributed by atoms with van der Waals surface area (Å²) >= 11 is 0. The fourth-order valence-electron chi connectivity index (χ4n) is 2.70. The number of carbonyl (C=O) groups is 2. The Labute approximate surface area is 111 Å². The van der Waals surface area contributed by atoms with Crippen molar-refractivity contribution >= 4 is 17.5 Å². The molecule has 19 heavy (non-hydrogen) atoms. The van der Waals surface area contributed by atoms with Gasteiger partial charge in [0.2, 0.25) is 0 Å². The molecule has 0 atom stereocenters. The van der Waals surface area contributed by atoms with Gasteiger partial charge in [-0.3, -0.25) is 9.59 Å². The second-order valence-electron chi connectivity index (χ2n) is 4.79. The molecule has 0 aliphatic heterocycles. The standard InChI is InChI=1S/C16H14O3/c1-10(17)19-16-13-8-4-2-6-11(13)15(18)12-7-3-5-9-14(12)16/h2,4,6-8H,3,5,9H2,1H3. The molecule has 96 valence electrons. The number of ether oxygens (including phenoxy) is 1. The molecule has 3 nitrogen and oxygen atoms in total. The van der Waals surface area contributed by atoms with Gasteiger partial charge in [-0.2, -0.15) is 0 Å². The quantitative estimate of drug-likeness (QED) is 0.722. The highest BCUT2D eigenvalue weighted by atomic mass is 16.5. The Morgan fingerprint density at radius 3 is 2.68 bits per heavy atom. The predicted octanol–water partition coefficient (Wildman–Crippen LogP) is 3.27. The number of hydrogen-bond acceptors (Lipinski definition) is 3. The third-order valence-corrected chi connectivity index (χ3v) is 3.49. The summed E-state index contributed by atoms with van der Waals surface area (Å²) < 4.78 is 5.38. The number of hydrogen-bond donors (Lipinski definition) is 0. The average Bonchev–Trinajstić information content (AvgIpc) is 2.43. The summed E-state index contributed by atoms with van der Waals surface area (Å²) in [6.45, 7) is 1.39. The van der Waals surface area contributed by atoms with Crippen molar-refractivity contribution in [3.63, 3.8) is 0 Å². The Morgan fingerprint density at radius 2 is 1.95 bits per heavy atom. The maximum absolute atomic E-state index is 12.4. The highest BCUT2D eigenvalue weighted by molar-refractivity contribution is 6.18. The van der Waals surface area contributed by atoms with Crippen LogP contribution >= 0.6 is 0 Å². The summed E-state index contributed by atoms with van der Waals surface area (Å²) in [5.41, 5.74) is 2.94. The number of fused-ring (bicyclic) bond motifs is 2. The Kier molecular flexibility index (Phi) is 2.82. The molecule has 2 aliphatic rings. The van der Waals surface area contributed by atoms with E-state index in [-0.39, 0.29) is 11.8 Å². The maximum atomic E-state index is 12.4. The fraction of sp³-hybridized carbons (Fsp3) is 0.250. The monoisotopic (exact) mass is 254 g/mol. The topological polar surface area (TPSA) is 43.4 Å². The smallest absolute Gasteiger partial charge is 0.308 e. The minimum Gasteiger partial charge on any atom is -0.426 e. The summed E-state index contributed by atoms with van der Waals surface area (Å²) in [7, 11) is 0. The molecule has 0 spiro atoms. The summed E-state index contributed by atoms with van der Waals surface area (Å²) in [6.07, 6.45) is 4.63. The van der Waals surface area contributed by atoms with Gasteiger partial charge in [0.25, 0.3) is 0 Å². The van der Waals surface area contributed by atoms with E-state index in [4.69, 9.17) is 4.74 Å². The number of benzene rings is 1. The second kappa shape index (κ2) is 4.50. The van der Waals surface area contributed by atoms with Gasteiger partial charge in [0.1, 0.15) is 5.76 Å². The van der Waals surface area contributed by atoms with Crippen molar-refractivity contribution in [3.8, 4) is 0 Å². The van der Waals surface area contributed by atoms with Crippen LogP contribution in [0.4, 0.5) is 0 Å². The number of Topliss-reactive ketones (excluding diaryl/α,β-unsaturated/α-hetero) is 1. The second-order valence-corrected chi connectivity index (χ2v) is 4.79. The Hall–Kier alpha value is -2.16. The number of rotatable bonds is 1. The molecule has 0 heterocycles. The molecule has 0 aromatic heterocycles. The van der Waals surface area contributed by atoms with Crippen LogP contribution in [-0.4, -0.2) is 11.8 Å². The van der Waals surface area contributed by atoms with Gasteiger partial charge in [0, 0.05) is 29.2 Å². The molecule has 0 saturated heterocycles. The first kappa shape index (κ1) is 11.9. The maximum Gasteiger partial charge on any atom is 0.308 e. The molecule has 0 N–H and O–H groups in total. The van der Waals surface area contributed by atoms with Crippen LogP contribution in [0.15, 0.2) is 41.5 Å². The van der Waals surface area contributed by atoms with E-state index in [1.807, 2.05) is 24.3 Å². The minimum absolute atomic E-state index is 0.0428. The SMILES string of the molecule is CC(=O)OC1=C2CCCC=C2C(=O)c2ccccc21. The lowest BCUT2D eigenvalue weighted by Crippen LogP contribution is -2.19. The van der Waals surface area contributed by atoms with Crippen LogP contribution in [0.3, 0.4) is 0 Å². The molecule has 0 unspecified atom stereocenters. The van der Waals surface area contributed by atoms with Gasteiger partial charge in [0.05, 0.1) is 0 Å². The highest BCUT2D eigenvalue weighted by Crippen LogP contribution is 2.39. The van der Waals surface area contributed by atoms with Crippen LogP contribution in [0, 0.1) is 0 Å². The zero-order valence-electron chi connectivity index (χ0n) is 10.7. The Morgan fingerprint density at radius 1 is 1.21 bits per heavy atom. The summed E-state index contributed by atoms with van der Waals surface area (Å²) in [4.78, 5) is 23.8. The first-order valence-electron chi connectivity index (χ1n) is 6.44. The van der Waals surface area contributed by atoms with E-state index >= 15 is 0 Å². The molecule has 0 saturated carbocycles. The van der Waals surface area contributed by atoms with Crippen molar-refractivity contribution in [2.75, 3.05) is 0 Å². The Balaban J connectivity index is 2.25. The molecule has 0 bridgehead atoms. The van der Waals surface area contributed by atoms with Crippen LogP contribution < -0.4 is 0 Å². The van der Waals surface area contributed by atoms with Gasteiger partial charge in [-0.15, -0.1) is 0 Å². The first-order chi connectivity index (χ1) is 9.18. The van der Waals surface area contributed by atoms with E-state index in [1.54, 1.807) is 6.07 Å². The van der Waals surface area contributed by atoms with E-state index in [9.17, 15) is 9.59 Å². The van der Waals surface area contributed by atoms with Crippen molar-refractivity contribution in [1.82, 2.24) is 0 Å². The van der Waals surface area contributed by atoms with E-state index in [0.717, 1.165) is 30.4 Å². The van der Waals surface area contributed by atoms with E-state index < -0.39 is 0 Å². The van der Waals surface area contributed by atoms with Crippen molar-refractivity contribution < 1.29 is 14.3 Å². The van der Waals surface area contributed by atoms with Crippen molar-refractivity contribution in [2.45, 2.75) is 26.2 Å². The van der Waals surface area contributed by atoms with E-state index in [1.165, 1.54) is 6.92 Å². The lowest BCUT2D eigenvalue weighted by Gasteiger charge is -2.26. The molecule has 3 rings (SSSR count). The highest BCUT2D eigenvalue weighted by Gasteiger charge is 2.31. The van der Waals surface area contributed by atoms with Crippen LogP contribution in [0.25, 0.3) is 5.76 Å². The van der Waals surface area contributed by atoms with Crippen LogP contribution in [0.1, 0.15) is 42.1 Å². The molecule has 2 aliphatic carbocycles. The zero-order valence-corrected chi connectivity index (χ0v) is 10.7. The normalized spacial score (nSPS) is 17.5. The fourth-order valence-corrected chi connectivity index (χ4v) is 2.70. The zero-order chi connectivity index (χ0) is 13.4. The van der Waals surface area contributed by atoms with Crippen molar-refractivity contribution in [1.29, 1.82) is 0 Å². The lowest BCUT2D eigenvalue weighted by atomic mass is 9.80. The molecule has 1 aromatic carbocycles. The van der Waals surface area contributed by atoms with Gasteiger partial charge in [0.15, 0.2) is 5.78 Å². The van der Waals surface area contributed by atoms with Gasteiger partial charge < -0.3 is 4.74 Å². The molecule has 0 amide bonds. The van der Waals surface area contributed by atoms with Crippen LogP contribution in [-0.2, 0) is 9.53 Å². The van der Waals surface area contributed by atoms with E-state index in [0.29, 0.717) is 16.9 Å². The Bertz CT molecular complexity index is 635. The van der Waals surface area contributed by atoms with Crippen LogP contribution in [0.5, 0.6) is 0 Å². The minimum atomic E-state index is -0.350. The molecular weight excluding hydrogens is 240 g/mol. The predicted molar refractivity (Wildman–Crippen MR) is 71.4 cm³/mol. The molecule has 3 heteroatoms. The third-order valence-electron chi connectivity index (χ3n) is 3.49. The first-order valence-corrected chi connectivity index (χ1v) is 6.44. The number of ketones is 1. The van der Waals surface area contributed by atoms with Gasteiger partial charge >= 0.3 is 5.97 Å². The summed E-state index contributed by atoms with van der Waals surface area (Å²) in [5, 5.41) is 0. The third kappa shape index (κ3) is 1.91.